The Labute approximate surface area is 110 Å². The molecule has 1 saturated carbocycles. The first-order valence-electron chi connectivity index (χ1n) is 7.47. The predicted molar refractivity (Wildman–Crippen MR) is 73.2 cm³/mol. The molecule has 1 aliphatic heterocycles. The van der Waals surface area contributed by atoms with Crippen LogP contribution < -0.4 is 11.1 Å². The number of rotatable bonds is 3. The van der Waals surface area contributed by atoms with Gasteiger partial charge in [0.25, 0.3) is 0 Å². The van der Waals surface area contributed by atoms with Gasteiger partial charge in [0.2, 0.25) is 5.91 Å². The number of likely N-dealkylation sites (tertiary alicyclic amines) is 1. The second-order valence-electron chi connectivity index (χ2n) is 5.86. The van der Waals surface area contributed by atoms with Gasteiger partial charge in [0, 0.05) is 24.5 Å². The molecule has 0 spiro atoms. The molecule has 1 amide bonds. The summed E-state index contributed by atoms with van der Waals surface area (Å²) >= 11 is 0. The molecule has 3 N–H and O–H groups in total. The first kappa shape index (κ1) is 13.8. The summed E-state index contributed by atoms with van der Waals surface area (Å²) < 4.78 is 0. The lowest BCUT2D eigenvalue weighted by atomic mass is 9.85. The van der Waals surface area contributed by atoms with Crippen molar-refractivity contribution in [3.05, 3.63) is 0 Å². The molecule has 0 bridgehead atoms. The average molecular weight is 253 g/mol. The lowest BCUT2D eigenvalue weighted by Gasteiger charge is -2.34. The molecule has 2 fully saturated rings. The zero-order valence-corrected chi connectivity index (χ0v) is 11.5. The van der Waals surface area contributed by atoms with E-state index in [2.05, 4.69) is 17.1 Å². The van der Waals surface area contributed by atoms with E-state index in [0.717, 1.165) is 45.2 Å². The molecule has 0 aromatic heterocycles. The molecular weight excluding hydrogens is 226 g/mol. The predicted octanol–water partition coefficient (Wildman–Crippen LogP) is 1.10. The second kappa shape index (κ2) is 6.53. The first-order chi connectivity index (χ1) is 8.69. The van der Waals surface area contributed by atoms with Crippen LogP contribution in [-0.2, 0) is 4.79 Å². The van der Waals surface area contributed by atoms with Crippen molar-refractivity contribution >= 4 is 5.91 Å². The van der Waals surface area contributed by atoms with Gasteiger partial charge in [-0.1, -0.05) is 13.3 Å². The van der Waals surface area contributed by atoms with Gasteiger partial charge in [-0.2, -0.15) is 0 Å². The standard InChI is InChI=1S/C14H27N3O/c1-2-17-8-4-7-13(10-17)16-14(18)11-5-3-6-12(15)9-11/h11-13H,2-10,15H2,1H3,(H,16,18). The van der Waals surface area contributed by atoms with Gasteiger partial charge >= 0.3 is 0 Å². The number of hydrogen-bond acceptors (Lipinski definition) is 3. The minimum atomic E-state index is 0.158. The van der Waals surface area contributed by atoms with E-state index in [1.54, 1.807) is 0 Å². The molecule has 2 aliphatic rings. The monoisotopic (exact) mass is 253 g/mol. The highest BCUT2D eigenvalue weighted by molar-refractivity contribution is 5.79. The third-order valence-corrected chi connectivity index (χ3v) is 4.38. The number of hydrogen-bond donors (Lipinski definition) is 2. The molecule has 4 heteroatoms. The number of carbonyl (C=O) groups excluding carboxylic acids is 1. The van der Waals surface area contributed by atoms with Crippen LogP contribution in [0.4, 0.5) is 0 Å². The highest BCUT2D eigenvalue weighted by Crippen LogP contribution is 2.23. The van der Waals surface area contributed by atoms with Crippen LogP contribution in [0.25, 0.3) is 0 Å². The van der Waals surface area contributed by atoms with Gasteiger partial charge in [0.15, 0.2) is 0 Å². The highest BCUT2D eigenvalue weighted by atomic mass is 16.1. The van der Waals surface area contributed by atoms with Crippen molar-refractivity contribution in [3.8, 4) is 0 Å². The van der Waals surface area contributed by atoms with Gasteiger partial charge in [-0.25, -0.2) is 0 Å². The summed E-state index contributed by atoms with van der Waals surface area (Å²) in [5.41, 5.74) is 5.95. The van der Waals surface area contributed by atoms with Crippen LogP contribution >= 0.6 is 0 Å². The maximum atomic E-state index is 12.2. The maximum absolute atomic E-state index is 12.2. The molecule has 18 heavy (non-hydrogen) atoms. The number of nitrogens with two attached hydrogens (primary N) is 1. The normalized spacial score (nSPS) is 34.2. The van der Waals surface area contributed by atoms with Crippen molar-refractivity contribution in [1.29, 1.82) is 0 Å². The smallest absolute Gasteiger partial charge is 0.223 e. The van der Waals surface area contributed by atoms with E-state index in [1.165, 1.54) is 13.0 Å². The number of likely N-dealkylation sites (N-methyl/N-ethyl adjacent to an activating group) is 1. The van der Waals surface area contributed by atoms with Crippen molar-refractivity contribution in [2.45, 2.75) is 57.5 Å². The lowest BCUT2D eigenvalue weighted by Crippen LogP contribution is -2.50. The van der Waals surface area contributed by atoms with Gasteiger partial charge in [-0.15, -0.1) is 0 Å². The fraction of sp³-hybridized carbons (Fsp3) is 0.929. The summed E-state index contributed by atoms with van der Waals surface area (Å²) in [6, 6.07) is 0.581. The summed E-state index contributed by atoms with van der Waals surface area (Å²) in [7, 11) is 0. The molecule has 104 valence electrons. The zero-order valence-electron chi connectivity index (χ0n) is 11.5. The van der Waals surface area contributed by atoms with E-state index in [1.807, 2.05) is 0 Å². The quantitative estimate of drug-likeness (QED) is 0.792. The topological polar surface area (TPSA) is 58.4 Å². The average Bonchev–Trinajstić information content (AvgIpc) is 2.39. The number of piperidine rings is 1. The minimum absolute atomic E-state index is 0.158. The molecule has 0 aromatic carbocycles. The van der Waals surface area contributed by atoms with Gasteiger partial charge < -0.3 is 16.0 Å². The molecule has 1 aliphatic carbocycles. The maximum Gasteiger partial charge on any atom is 0.223 e. The Balaban J connectivity index is 1.79. The Hall–Kier alpha value is -0.610. The molecule has 2 rings (SSSR count). The molecule has 0 radical (unpaired) electrons. The Morgan fingerprint density at radius 1 is 1.33 bits per heavy atom. The van der Waals surface area contributed by atoms with Crippen LogP contribution in [0.15, 0.2) is 0 Å². The van der Waals surface area contributed by atoms with Crippen LogP contribution in [0.5, 0.6) is 0 Å². The first-order valence-corrected chi connectivity index (χ1v) is 7.47. The zero-order chi connectivity index (χ0) is 13.0. The summed E-state index contributed by atoms with van der Waals surface area (Å²) in [6.45, 7) is 5.46. The Kier molecular flexibility index (Phi) is 5.01. The molecule has 1 heterocycles. The highest BCUT2D eigenvalue weighted by Gasteiger charge is 2.28. The van der Waals surface area contributed by atoms with E-state index in [-0.39, 0.29) is 17.9 Å². The fourth-order valence-electron chi connectivity index (χ4n) is 3.25. The van der Waals surface area contributed by atoms with Crippen molar-refractivity contribution in [1.82, 2.24) is 10.2 Å². The third-order valence-electron chi connectivity index (χ3n) is 4.38. The molecule has 4 nitrogen and oxygen atoms in total. The minimum Gasteiger partial charge on any atom is -0.352 e. The summed E-state index contributed by atoms with van der Waals surface area (Å²) in [6.07, 6.45) is 6.39. The Morgan fingerprint density at radius 3 is 2.89 bits per heavy atom. The van der Waals surface area contributed by atoms with E-state index >= 15 is 0 Å². The number of amides is 1. The van der Waals surface area contributed by atoms with Crippen molar-refractivity contribution < 1.29 is 4.79 Å². The third kappa shape index (κ3) is 3.69. The van der Waals surface area contributed by atoms with E-state index in [0.29, 0.717) is 6.04 Å². The molecular formula is C14H27N3O. The number of nitrogens with zero attached hydrogens (tertiary/aromatic N) is 1. The molecule has 3 unspecified atom stereocenters. The lowest BCUT2D eigenvalue weighted by molar-refractivity contribution is -0.127. The molecule has 1 saturated heterocycles. The largest absolute Gasteiger partial charge is 0.352 e. The molecule has 0 aromatic rings. The van der Waals surface area contributed by atoms with Gasteiger partial charge in [-0.3, -0.25) is 4.79 Å². The second-order valence-corrected chi connectivity index (χ2v) is 5.86. The Morgan fingerprint density at radius 2 is 2.17 bits per heavy atom. The van der Waals surface area contributed by atoms with Crippen molar-refractivity contribution in [3.63, 3.8) is 0 Å². The van der Waals surface area contributed by atoms with Crippen LogP contribution in [0, 0.1) is 5.92 Å². The summed E-state index contributed by atoms with van der Waals surface area (Å²) in [5.74, 6) is 0.402. The summed E-state index contributed by atoms with van der Waals surface area (Å²) in [5, 5.41) is 3.24. The van der Waals surface area contributed by atoms with Gasteiger partial charge in [0.05, 0.1) is 0 Å². The van der Waals surface area contributed by atoms with Crippen molar-refractivity contribution in [2.24, 2.45) is 11.7 Å². The van der Waals surface area contributed by atoms with Crippen LogP contribution in [-0.4, -0.2) is 42.5 Å². The van der Waals surface area contributed by atoms with Crippen LogP contribution in [0.2, 0.25) is 0 Å². The van der Waals surface area contributed by atoms with Gasteiger partial charge in [0.1, 0.15) is 0 Å². The van der Waals surface area contributed by atoms with Crippen LogP contribution in [0.1, 0.15) is 45.4 Å². The van der Waals surface area contributed by atoms with E-state index in [4.69, 9.17) is 5.73 Å². The summed E-state index contributed by atoms with van der Waals surface area (Å²) in [4.78, 5) is 14.6. The van der Waals surface area contributed by atoms with Crippen LogP contribution in [0.3, 0.4) is 0 Å². The van der Waals surface area contributed by atoms with Crippen molar-refractivity contribution in [2.75, 3.05) is 19.6 Å². The number of nitrogens with one attached hydrogen (secondary N) is 1. The number of carbonyl (C=O) groups is 1. The van der Waals surface area contributed by atoms with E-state index in [9.17, 15) is 4.79 Å². The fourth-order valence-corrected chi connectivity index (χ4v) is 3.25. The molecule has 3 atom stereocenters. The van der Waals surface area contributed by atoms with Gasteiger partial charge in [-0.05, 0) is 45.2 Å². The Bertz CT molecular complexity index is 282. The van der Waals surface area contributed by atoms with E-state index < -0.39 is 0 Å². The SMILES string of the molecule is CCN1CCCC(NC(=O)C2CCCC(N)C2)C1.